The third-order valence-electron chi connectivity index (χ3n) is 3.26. The zero-order valence-corrected chi connectivity index (χ0v) is 17.3. The van der Waals surface area contributed by atoms with Gasteiger partial charge in [-0.05, 0) is 30.3 Å². The Labute approximate surface area is 171 Å². The van der Waals surface area contributed by atoms with Crippen LogP contribution in [0.25, 0.3) is 0 Å². The number of nitrogens with zero attached hydrogens (tertiary/aromatic N) is 1. The summed E-state index contributed by atoms with van der Waals surface area (Å²) in [6.45, 7) is 0. The summed E-state index contributed by atoms with van der Waals surface area (Å²) in [5.74, 6) is -0.612. The van der Waals surface area contributed by atoms with E-state index in [2.05, 4.69) is 10.9 Å². The van der Waals surface area contributed by atoms with E-state index in [1.807, 2.05) is 0 Å². The molecule has 140 valence electrons. The van der Waals surface area contributed by atoms with Crippen molar-refractivity contribution < 1.29 is 13.2 Å². The molecule has 0 spiro atoms. The molecule has 1 amide bonds. The lowest BCUT2D eigenvalue weighted by Gasteiger charge is -2.15. The summed E-state index contributed by atoms with van der Waals surface area (Å²) in [5, 5.41) is 0.754. The van der Waals surface area contributed by atoms with Gasteiger partial charge in [0.05, 0.1) is 20.8 Å². The number of hydrogen-bond acceptors (Lipinski definition) is 4. The van der Waals surface area contributed by atoms with Crippen molar-refractivity contribution in [3.8, 4) is 0 Å². The van der Waals surface area contributed by atoms with Crippen LogP contribution in [-0.2, 0) is 10.0 Å². The first kappa shape index (κ1) is 21.1. The minimum atomic E-state index is -3.80. The van der Waals surface area contributed by atoms with Crippen molar-refractivity contribution in [1.82, 2.24) is 9.73 Å². The number of sulfonamides is 1. The quantitative estimate of drug-likeness (QED) is 0.657. The van der Waals surface area contributed by atoms with Crippen molar-refractivity contribution in [1.29, 1.82) is 0 Å². The van der Waals surface area contributed by atoms with Crippen molar-refractivity contribution in [2.75, 3.05) is 19.5 Å². The molecule has 0 aromatic heterocycles. The van der Waals surface area contributed by atoms with Gasteiger partial charge in [0.25, 0.3) is 5.91 Å². The fourth-order valence-corrected chi connectivity index (χ4v) is 4.20. The van der Waals surface area contributed by atoms with E-state index < -0.39 is 15.9 Å². The SMILES string of the molecule is CN(C)S(=O)(=O)c1cc(C(=O)NNc2c(Cl)cc(Cl)cc2Cl)ccc1Cl. The van der Waals surface area contributed by atoms with Gasteiger partial charge in [-0.15, -0.1) is 0 Å². The van der Waals surface area contributed by atoms with Crippen LogP contribution in [0.15, 0.2) is 35.2 Å². The summed E-state index contributed by atoms with van der Waals surface area (Å²) in [6, 6.07) is 6.80. The van der Waals surface area contributed by atoms with Crippen LogP contribution >= 0.6 is 46.4 Å². The van der Waals surface area contributed by atoms with Crippen LogP contribution in [0.4, 0.5) is 5.69 Å². The molecule has 2 aromatic carbocycles. The number of benzene rings is 2. The number of carbonyl (C=O) groups is 1. The zero-order valence-electron chi connectivity index (χ0n) is 13.5. The fraction of sp³-hybridized carbons (Fsp3) is 0.133. The van der Waals surface area contributed by atoms with Gasteiger partial charge in [-0.1, -0.05) is 46.4 Å². The number of rotatable bonds is 5. The van der Waals surface area contributed by atoms with E-state index in [1.54, 1.807) is 0 Å². The summed E-state index contributed by atoms with van der Waals surface area (Å²) in [6.07, 6.45) is 0. The zero-order chi connectivity index (χ0) is 19.6. The van der Waals surface area contributed by atoms with E-state index in [-0.39, 0.29) is 31.2 Å². The van der Waals surface area contributed by atoms with Crippen molar-refractivity contribution >= 4 is 68.0 Å². The molecule has 0 bridgehead atoms. The number of amides is 1. The van der Waals surface area contributed by atoms with E-state index >= 15 is 0 Å². The summed E-state index contributed by atoms with van der Waals surface area (Å²) in [7, 11) is -1.07. The first-order valence-corrected chi connectivity index (χ1v) is 9.92. The number of hydrogen-bond donors (Lipinski definition) is 2. The minimum Gasteiger partial charge on any atom is -0.295 e. The predicted molar refractivity (Wildman–Crippen MR) is 105 cm³/mol. The summed E-state index contributed by atoms with van der Waals surface area (Å²) in [4.78, 5) is 12.1. The average Bonchev–Trinajstić information content (AvgIpc) is 2.53. The Morgan fingerprint density at radius 3 is 2.08 bits per heavy atom. The van der Waals surface area contributed by atoms with Crippen molar-refractivity contribution in [3.63, 3.8) is 0 Å². The maximum absolute atomic E-state index is 12.3. The normalized spacial score (nSPS) is 11.5. The summed E-state index contributed by atoms with van der Waals surface area (Å²) in [5.41, 5.74) is 5.30. The molecule has 0 aliphatic rings. The molecule has 26 heavy (non-hydrogen) atoms. The Balaban J connectivity index is 2.27. The van der Waals surface area contributed by atoms with Crippen molar-refractivity contribution in [2.24, 2.45) is 0 Å². The molecule has 2 rings (SSSR count). The van der Waals surface area contributed by atoms with Crippen LogP contribution in [0.1, 0.15) is 10.4 Å². The van der Waals surface area contributed by atoms with Gasteiger partial charge < -0.3 is 0 Å². The molecule has 0 aliphatic heterocycles. The lowest BCUT2D eigenvalue weighted by atomic mass is 10.2. The maximum atomic E-state index is 12.3. The molecule has 0 aliphatic carbocycles. The molecule has 6 nitrogen and oxygen atoms in total. The molecule has 0 radical (unpaired) electrons. The second-order valence-electron chi connectivity index (χ2n) is 5.26. The Morgan fingerprint density at radius 2 is 1.54 bits per heavy atom. The Bertz CT molecular complexity index is 942. The van der Waals surface area contributed by atoms with Crippen LogP contribution < -0.4 is 10.9 Å². The van der Waals surface area contributed by atoms with Gasteiger partial charge in [0.15, 0.2) is 0 Å². The minimum absolute atomic E-state index is 0.00648. The highest BCUT2D eigenvalue weighted by Crippen LogP contribution is 2.33. The molecular weight excluding hydrogens is 444 g/mol. The van der Waals surface area contributed by atoms with Crippen LogP contribution in [0.2, 0.25) is 20.1 Å². The van der Waals surface area contributed by atoms with Gasteiger partial charge in [0.2, 0.25) is 10.0 Å². The molecule has 0 unspecified atom stereocenters. The van der Waals surface area contributed by atoms with Gasteiger partial charge in [0, 0.05) is 24.7 Å². The van der Waals surface area contributed by atoms with E-state index in [9.17, 15) is 13.2 Å². The number of hydrazine groups is 1. The van der Waals surface area contributed by atoms with Gasteiger partial charge in [-0.25, -0.2) is 12.7 Å². The van der Waals surface area contributed by atoms with Crippen molar-refractivity contribution in [3.05, 3.63) is 56.0 Å². The second kappa shape index (κ2) is 8.21. The predicted octanol–water partition coefficient (Wildman–Crippen LogP) is 4.31. The molecule has 2 N–H and O–H groups in total. The van der Waals surface area contributed by atoms with Gasteiger partial charge in [0.1, 0.15) is 4.90 Å². The summed E-state index contributed by atoms with van der Waals surface area (Å²) >= 11 is 23.8. The molecule has 0 saturated carbocycles. The van der Waals surface area contributed by atoms with E-state index in [4.69, 9.17) is 46.4 Å². The maximum Gasteiger partial charge on any atom is 0.269 e. The van der Waals surface area contributed by atoms with E-state index in [0.717, 1.165) is 4.31 Å². The first-order valence-electron chi connectivity index (χ1n) is 6.97. The Kier molecular flexibility index (Phi) is 6.65. The third-order valence-corrected chi connectivity index (χ3v) is 6.37. The van der Waals surface area contributed by atoms with Crippen molar-refractivity contribution in [2.45, 2.75) is 4.90 Å². The molecule has 0 heterocycles. The van der Waals surface area contributed by atoms with Crippen LogP contribution in [0, 0.1) is 0 Å². The van der Waals surface area contributed by atoms with E-state index in [1.165, 1.54) is 44.4 Å². The van der Waals surface area contributed by atoms with E-state index in [0.29, 0.717) is 5.02 Å². The summed E-state index contributed by atoms with van der Waals surface area (Å²) < 4.78 is 25.6. The fourth-order valence-electron chi connectivity index (χ4n) is 1.89. The number of nitrogens with one attached hydrogen (secondary N) is 2. The van der Waals surface area contributed by atoms with Gasteiger partial charge in [-0.3, -0.25) is 15.6 Å². The number of carbonyl (C=O) groups excluding carboxylic acids is 1. The van der Waals surface area contributed by atoms with Crippen LogP contribution in [-0.4, -0.2) is 32.7 Å². The smallest absolute Gasteiger partial charge is 0.269 e. The highest BCUT2D eigenvalue weighted by atomic mass is 35.5. The Morgan fingerprint density at radius 1 is 0.962 bits per heavy atom. The lowest BCUT2D eigenvalue weighted by Crippen LogP contribution is -2.30. The monoisotopic (exact) mass is 455 g/mol. The molecule has 0 atom stereocenters. The van der Waals surface area contributed by atoms with Gasteiger partial charge >= 0.3 is 0 Å². The largest absolute Gasteiger partial charge is 0.295 e. The molecule has 2 aromatic rings. The molecule has 0 fully saturated rings. The number of anilines is 1. The van der Waals surface area contributed by atoms with Gasteiger partial charge in [-0.2, -0.15) is 0 Å². The third kappa shape index (κ3) is 4.54. The highest BCUT2D eigenvalue weighted by molar-refractivity contribution is 7.89. The van der Waals surface area contributed by atoms with Crippen LogP contribution in [0.3, 0.4) is 0 Å². The molecule has 0 saturated heterocycles. The number of halogens is 4. The highest BCUT2D eigenvalue weighted by Gasteiger charge is 2.22. The average molecular weight is 457 g/mol. The second-order valence-corrected chi connectivity index (χ2v) is 9.03. The Hall–Kier alpha value is -1.22. The standard InChI is InChI=1S/C15H13Cl4N3O3S/c1-22(2)26(24,25)13-5-8(3-4-10(13)17)15(23)21-20-14-11(18)6-9(16)7-12(14)19/h3-7,20H,1-2H3,(H,21,23). The van der Waals surface area contributed by atoms with Crippen LogP contribution in [0.5, 0.6) is 0 Å². The molecular formula is C15H13Cl4N3O3S. The first-order chi connectivity index (χ1) is 12.0. The lowest BCUT2D eigenvalue weighted by molar-refractivity contribution is 0.0962. The topological polar surface area (TPSA) is 78.5 Å². The molecule has 11 heteroatoms.